The molecule has 2 N–H and O–H groups in total. The first-order chi connectivity index (χ1) is 9.92. The van der Waals surface area contributed by atoms with Gasteiger partial charge in [-0.25, -0.2) is 8.42 Å². The molecule has 0 aliphatic rings. The van der Waals surface area contributed by atoms with Crippen molar-refractivity contribution in [2.24, 2.45) is 0 Å². The Morgan fingerprint density at radius 1 is 1.33 bits per heavy atom. The molecule has 0 saturated carbocycles. The number of benzene rings is 1. The minimum Gasteiger partial charge on any atom is -0.506 e. The van der Waals surface area contributed by atoms with E-state index in [2.05, 4.69) is 5.32 Å². The zero-order chi connectivity index (χ0) is 15.5. The van der Waals surface area contributed by atoms with Crippen molar-refractivity contribution in [3.63, 3.8) is 0 Å². The van der Waals surface area contributed by atoms with Crippen molar-refractivity contribution < 1.29 is 18.3 Å². The highest BCUT2D eigenvalue weighted by molar-refractivity contribution is 7.91. The summed E-state index contributed by atoms with van der Waals surface area (Å²) >= 11 is 1.46. The van der Waals surface area contributed by atoms with Gasteiger partial charge in [-0.2, -0.15) is 0 Å². The van der Waals surface area contributed by atoms with Gasteiger partial charge in [-0.15, -0.1) is 11.3 Å². The van der Waals surface area contributed by atoms with Gasteiger partial charge < -0.3 is 10.4 Å². The van der Waals surface area contributed by atoms with Crippen LogP contribution in [0.3, 0.4) is 0 Å². The summed E-state index contributed by atoms with van der Waals surface area (Å²) in [7, 11) is -3.38. The molecule has 0 saturated heterocycles. The quantitative estimate of drug-likeness (QED) is 0.827. The molecule has 0 aliphatic carbocycles. The summed E-state index contributed by atoms with van der Waals surface area (Å²) in [5, 5.41) is 14.1. The summed E-state index contributed by atoms with van der Waals surface area (Å²) in [6, 6.07) is 7.55. The van der Waals surface area contributed by atoms with Gasteiger partial charge in [-0.3, -0.25) is 4.79 Å². The number of sulfone groups is 1. The molecule has 0 aliphatic heterocycles. The second-order valence-corrected chi connectivity index (χ2v) is 7.70. The Morgan fingerprint density at radius 2 is 2.10 bits per heavy atom. The van der Waals surface area contributed by atoms with Crippen LogP contribution in [0.15, 0.2) is 40.6 Å². The van der Waals surface area contributed by atoms with Crippen molar-refractivity contribution in [3.05, 3.63) is 40.6 Å². The summed E-state index contributed by atoms with van der Waals surface area (Å²) in [5.41, 5.74) is 0.103. The van der Waals surface area contributed by atoms with Crippen LogP contribution in [-0.4, -0.2) is 25.2 Å². The summed E-state index contributed by atoms with van der Waals surface area (Å²) in [6.45, 7) is 1.54. The average Bonchev–Trinajstić information content (AvgIpc) is 2.93. The normalized spacial score (nSPS) is 11.3. The maximum atomic E-state index is 11.9. The van der Waals surface area contributed by atoms with Crippen molar-refractivity contribution in [2.75, 3.05) is 11.1 Å². The number of nitrogens with one attached hydrogen (secondary N) is 1. The maximum Gasteiger partial charge on any atom is 0.229 e. The number of rotatable bonds is 5. The van der Waals surface area contributed by atoms with Crippen LogP contribution in [0.2, 0.25) is 0 Å². The molecule has 0 unspecified atom stereocenters. The number of amides is 1. The van der Waals surface area contributed by atoms with E-state index < -0.39 is 9.84 Å². The Balaban J connectivity index is 2.19. The first-order valence-corrected chi connectivity index (χ1v) is 8.83. The van der Waals surface area contributed by atoms with Crippen LogP contribution >= 0.6 is 11.3 Å². The molecule has 7 heteroatoms. The van der Waals surface area contributed by atoms with Gasteiger partial charge in [0.15, 0.2) is 9.84 Å². The van der Waals surface area contributed by atoms with Gasteiger partial charge in [0.1, 0.15) is 5.75 Å². The number of hydrogen-bond acceptors (Lipinski definition) is 5. The summed E-state index contributed by atoms with van der Waals surface area (Å²) in [5.74, 6) is -0.510. The number of thiophene rings is 1. The smallest absolute Gasteiger partial charge is 0.229 e. The Labute approximate surface area is 127 Å². The number of aromatic hydroxyl groups is 1. The zero-order valence-electron chi connectivity index (χ0n) is 11.4. The van der Waals surface area contributed by atoms with E-state index in [1.807, 2.05) is 17.5 Å². The second kappa shape index (κ2) is 6.28. The van der Waals surface area contributed by atoms with Gasteiger partial charge in [-0.05, 0) is 29.6 Å². The Morgan fingerprint density at radius 3 is 2.71 bits per heavy atom. The first-order valence-electron chi connectivity index (χ1n) is 6.30. The van der Waals surface area contributed by atoms with E-state index in [-0.39, 0.29) is 34.4 Å². The van der Waals surface area contributed by atoms with E-state index in [4.69, 9.17) is 0 Å². The van der Waals surface area contributed by atoms with E-state index in [1.165, 1.54) is 36.5 Å². The lowest BCUT2D eigenvalue weighted by Gasteiger charge is -2.09. The molecular weight excluding hydrogens is 310 g/mol. The minimum absolute atomic E-state index is 0.0413. The predicted octanol–water partition coefficient (Wildman–Crippen LogP) is 2.43. The first kappa shape index (κ1) is 15.5. The van der Waals surface area contributed by atoms with E-state index in [9.17, 15) is 18.3 Å². The molecule has 21 heavy (non-hydrogen) atoms. The van der Waals surface area contributed by atoms with Crippen LogP contribution in [0, 0.1) is 0 Å². The number of hydrogen-bond donors (Lipinski definition) is 2. The molecule has 0 bridgehead atoms. The third kappa shape index (κ3) is 3.83. The van der Waals surface area contributed by atoms with Crippen molar-refractivity contribution in [1.82, 2.24) is 0 Å². The highest BCUT2D eigenvalue weighted by atomic mass is 32.2. The third-order valence-corrected chi connectivity index (χ3v) is 5.50. The highest BCUT2D eigenvalue weighted by Crippen LogP contribution is 2.27. The molecule has 1 aromatic heterocycles. The zero-order valence-corrected chi connectivity index (χ0v) is 13.0. The Kier molecular flexibility index (Phi) is 4.64. The van der Waals surface area contributed by atoms with Crippen LogP contribution in [-0.2, 0) is 21.1 Å². The summed E-state index contributed by atoms with van der Waals surface area (Å²) in [4.78, 5) is 12.9. The van der Waals surface area contributed by atoms with Crippen molar-refractivity contribution in [1.29, 1.82) is 0 Å². The van der Waals surface area contributed by atoms with Crippen LogP contribution in [0.4, 0.5) is 5.69 Å². The molecule has 0 spiro atoms. The fraction of sp³-hybridized carbons (Fsp3) is 0.214. The number of carbonyl (C=O) groups is 1. The number of phenols is 1. The molecular formula is C14H15NO4S2. The number of carbonyl (C=O) groups excluding carboxylic acids is 1. The molecule has 0 radical (unpaired) electrons. The summed E-state index contributed by atoms with van der Waals surface area (Å²) < 4.78 is 23.6. The lowest BCUT2D eigenvalue weighted by molar-refractivity contribution is -0.115. The van der Waals surface area contributed by atoms with Crippen LogP contribution < -0.4 is 5.32 Å². The van der Waals surface area contributed by atoms with Gasteiger partial charge in [0.25, 0.3) is 0 Å². The lowest BCUT2D eigenvalue weighted by Crippen LogP contribution is -2.14. The van der Waals surface area contributed by atoms with E-state index in [0.29, 0.717) is 0 Å². The average molecular weight is 325 g/mol. The fourth-order valence-corrected chi connectivity index (χ4v) is 3.35. The molecule has 0 fully saturated rings. The van der Waals surface area contributed by atoms with E-state index in [0.717, 1.165) is 4.88 Å². The van der Waals surface area contributed by atoms with Gasteiger partial charge in [0.2, 0.25) is 5.91 Å². The maximum absolute atomic E-state index is 11.9. The van der Waals surface area contributed by atoms with E-state index >= 15 is 0 Å². The SMILES string of the molecule is CCS(=O)(=O)c1ccc(O)c(NC(=O)Cc2cccs2)c1. The van der Waals surface area contributed by atoms with Crippen LogP contribution in [0.5, 0.6) is 5.75 Å². The van der Waals surface area contributed by atoms with Gasteiger partial charge >= 0.3 is 0 Å². The van der Waals surface area contributed by atoms with Crippen molar-refractivity contribution >= 4 is 32.8 Å². The third-order valence-electron chi connectivity index (χ3n) is 2.90. The van der Waals surface area contributed by atoms with Crippen LogP contribution in [0.1, 0.15) is 11.8 Å². The monoisotopic (exact) mass is 325 g/mol. The molecule has 0 atom stereocenters. The van der Waals surface area contributed by atoms with Gasteiger partial charge in [-0.1, -0.05) is 13.0 Å². The van der Waals surface area contributed by atoms with Gasteiger partial charge in [0, 0.05) is 4.88 Å². The molecule has 1 amide bonds. The molecule has 1 aromatic carbocycles. The molecule has 1 heterocycles. The van der Waals surface area contributed by atoms with Gasteiger partial charge in [0.05, 0.1) is 22.8 Å². The molecule has 5 nitrogen and oxygen atoms in total. The molecule has 2 aromatic rings. The van der Waals surface area contributed by atoms with Crippen LogP contribution in [0.25, 0.3) is 0 Å². The predicted molar refractivity (Wildman–Crippen MR) is 82.5 cm³/mol. The lowest BCUT2D eigenvalue weighted by atomic mass is 10.2. The Bertz CT molecular complexity index is 736. The standard InChI is InChI=1S/C14H15NO4S2/c1-2-21(18,19)11-5-6-13(16)12(9-11)15-14(17)8-10-4-3-7-20-10/h3-7,9,16H,2,8H2,1H3,(H,15,17). The minimum atomic E-state index is -3.38. The van der Waals surface area contributed by atoms with Crippen molar-refractivity contribution in [3.8, 4) is 5.75 Å². The number of anilines is 1. The summed E-state index contributed by atoms with van der Waals surface area (Å²) in [6.07, 6.45) is 0.182. The topological polar surface area (TPSA) is 83.5 Å². The van der Waals surface area contributed by atoms with Crippen molar-refractivity contribution in [2.45, 2.75) is 18.2 Å². The molecule has 112 valence electrons. The number of phenolic OH excluding ortho intramolecular Hbond substituents is 1. The van der Waals surface area contributed by atoms with E-state index in [1.54, 1.807) is 0 Å². The highest BCUT2D eigenvalue weighted by Gasteiger charge is 2.15. The molecule has 2 rings (SSSR count). The fourth-order valence-electron chi connectivity index (χ4n) is 1.74. The Hall–Kier alpha value is -1.86. The second-order valence-electron chi connectivity index (χ2n) is 4.39. The largest absolute Gasteiger partial charge is 0.506 e.